The van der Waals surface area contributed by atoms with Crippen LogP contribution in [0.4, 0.5) is 0 Å². The van der Waals surface area contributed by atoms with Gasteiger partial charge >= 0.3 is 0 Å². The molecule has 0 fully saturated rings. The minimum Gasteiger partial charge on any atom is -0.394 e. The first kappa shape index (κ1) is 62.6. The maximum atomic E-state index is 12.5. The largest absolute Gasteiger partial charge is 0.394 e. The molecule has 0 aromatic carbocycles. The summed E-state index contributed by atoms with van der Waals surface area (Å²) in [4.78, 5) is 12.5. The molecule has 0 heterocycles. The topological polar surface area (TPSA) is 69.6 Å². The van der Waals surface area contributed by atoms with Gasteiger partial charge in [0.1, 0.15) is 0 Å². The highest BCUT2D eigenvalue weighted by atomic mass is 16.3. The number of aliphatic hydroxyl groups excluding tert-OH is 2. The second kappa shape index (κ2) is 55.9. The van der Waals surface area contributed by atoms with E-state index in [4.69, 9.17) is 0 Å². The van der Waals surface area contributed by atoms with E-state index in [9.17, 15) is 15.0 Å². The lowest BCUT2D eigenvalue weighted by Crippen LogP contribution is -2.45. The van der Waals surface area contributed by atoms with Gasteiger partial charge in [-0.3, -0.25) is 4.79 Å². The van der Waals surface area contributed by atoms with E-state index in [-0.39, 0.29) is 12.5 Å². The molecule has 2 atom stereocenters. The van der Waals surface area contributed by atoms with Crippen LogP contribution >= 0.6 is 0 Å². The molecule has 1 amide bonds. The highest BCUT2D eigenvalue weighted by Gasteiger charge is 2.18. The van der Waals surface area contributed by atoms with Crippen molar-refractivity contribution in [2.24, 2.45) is 0 Å². The standard InChI is InChI=1S/C60H115NO3/c1-3-5-7-9-11-13-15-17-19-21-23-25-27-28-29-30-31-32-34-35-37-39-41-43-45-47-49-51-53-55-59(63)58(57-62)61-60(64)56-54-52-50-48-46-44-42-40-38-36-33-26-24-22-20-18-16-14-12-10-8-6-4-2/h16,18,22,24,53,55,58-59,62-63H,3-15,17,19-21,23,25-52,54,56-57H2,1-2H3,(H,61,64)/b18-16-,24-22-,55-53+. The first-order valence-corrected chi connectivity index (χ1v) is 29.2. The first-order chi connectivity index (χ1) is 31.7. The van der Waals surface area contributed by atoms with Crippen LogP contribution in [0.15, 0.2) is 36.5 Å². The Bertz CT molecular complexity index is 974. The van der Waals surface area contributed by atoms with Crippen molar-refractivity contribution >= 4 is 5.91 Å². The van der Waals surface area contributed by atoms with Crippen molar-refractivity contribution < 1.29 is 15.0 Å². The molecule has 4 nitrogen and oxygen atoms in total. The van der Waals surface area contributed by atoms with E-state index in [0.717, 1.165) is 32.1 Å². The predicted octanol–water partition coefficient (Wildman–Crippen LogP) is 19.3. The van der Waals surface area contributed by atoms with Crippen LogP contribution < -0.4 is 5.32 Å². The van der Waals surface area contributed by atoms with Gasteiger partial charge in [0, 0.05) is 6.42 Å². The van der Waals surface area contributed by atoms with Crippen molar-refractivity contribution in [3.63, 3.8) is 0 Å². The van der Waals surface area contributed by atoms with Gasteiger partial charge in [-0.2, -0.15) is 0 Å². The molecule has 0 bridgehead atoms. The summed E-state index contributed by atoms with van der Waals surface area (Å²) in [6, 6.07) is -0.624. The van der Waals surface area contributed by atoms with Crippen LogP contribution in [0.3, 0.4) is 0 Å². The Kier molecular flexibility index (Phi) is 54.7. The van der Waals surface area contributed by atoms with Gasteiger partial charge in [-0.05, 0) is 51.4 Å². The minimum atomic E-state index is -0.841. The predicted molar refractivity (Wildman–Crippen MR) is 285 cm³/mol. The lowest BCUT2D eigenvalue weighted by Gasteiger charge is -2.20. The van der Waals surface area contributed by atoms with Crippen LogP contribution in [0.2, 0.25) is 0 Å². The zero-order chi connectivity index (χ0) is 46.3. The van der Waals surface area contributed by atoms with Gasteiger partial charge < -0.3 is 15.5 Å². The zero-order valence-electron chi connectivity index (χ0n) is 43.6. The van der Waals surface area contributed by atoms with Gasteiger partial charge in [0.2, 0.25) is 5.91 Å². The quantitative estimate of drug-likeness (QED) is 0.0421. The number of carbonyl (C=O) groups excluding carboxylic acids is 1. The SMILES string of the molecule is CCCCCCC/C=C\C/C=C\CCCCCCCCCCCCCC(=O)NC(CO)C(O)/C=C/CCCCCCCCCCCCCCCCCCCCCCCCCCCCC. The molecule has 0 rings (SSSR count). The number of rotatable bonds is 54. The fourth-order valence-electron chi connectivity index (χ4n) is 9.15. The molecule has 378 valence electrons. The fraction of sp³-hybridized carbons (Fsp3) is 0.883. The number of hydrogen-bond donors (Lipinski definition) is 3. The number of amides is 1. The van der Waals surface area contributed by atoms with Crippen molar-refractivity contribution in [2.45, 2.75) is 334 Å². The third-order valence-electron chi connectivity index (χ3n) is 13.6. The van der Waals surface area contributed by atoms with E-state index in [2.05, 4.69) is 43.5 Å². The molecule has 2 unspecified atom stereocenters. The molecule has 0 aliphatic rings. The van der Waals surface area contributed by atoms with Crippen LogP contribution in [-0.4, -0.2) is 34.9 Å². The summed E-state index contributed by atoms with van der Waals surface area (Å²) >= 11 is 0. The Balaban J connectivity index is 3.47. The van der Waals surface area contributed by atoms with Crippen LogP contribution in [0, 0.1) is 0 Å². The van der Waals surface area contributed by atoms with Crippen molar-refractivity contribution in [3.8, 4) is 0 Å². The molecule has 0 aliphatic heterocycles. The first-order valence-electron chi connectivity index (χ1n) is 29.2. The summed E-state index contributed by atoms with van der Waals surface area (Å²) in [6.07, 6.45) is 76.0. The molecule has 0 aromatic rings. The third kappa shape index (κ3) is 51.6. The number of nitrogens with one attached hydrogen (secondary N) is 1. The Morgan fingerprint density at radius 1 is 0.375 bits per heavy atom. The number of unbranched alkanes of at least 4 members (excludes halogenated alkanes) is 43. The van der Waals surface area contributed by atoms with E-state index in [0.29, 0.717) is 6.42 Å². The molecule has 64 heavy (non-hydrogen) atoms. The van der Waals surface area contributed by atoms with Crippen molar-refractivity contribution in [1.29, 1.82) is 0 Å². The summed E-state index contributed by atoms with van der Waals surface area (Å²) in [6.45, 7) is 4.33. The smallest absolute Gasteiger partial charge is 0.220 e. The highest BCUT2D eigenvalue weighted by molar-refractivity contribution is 5.76. The molecule has 0 spiro atoms. The summed E-state index contributed by atoms with van der Waals surface area (Å²) in [5.41, 5.74) is 0. The Morgan fingerprint density at radius 3 is 0.938 bits per heavy atom. The second-order valence-corrected chi connectivity index (χ2v) is 20.1. The van der Waals surface area contributed by atoms with E-state index >= 15 is 0 Å². The van der Waals surface area contributed by atoms with Crippen LogP contribution in [0.1, 0.15) is 322 Å². The lowest BCUT2D eigenvalue weighted by atomic mass is 10.0. The van der Waals surface area contributed by atoms with Gasteiger partial charge in [0.25, 0.3) is 0 Å². The zero-order valence-corrected chi connectivity index (χ0v) is 43.6. The molecule has 0 saturated heterocycles. The van der Waals surface area contributed by atoms with E-state index in [1.807, 2.05) is 6.08 Å². The summed E-state index contributed by atoms with van der Waals surface area (Å²) in [7, 11) is 0. The van der Waals surface area contributed by atoms with Gasteiger partial charge in [-0.15, -0.1) is 0 Å². The Labute approximate surface area is 402 Å². The van der Waals surface area contributed by atoms with E-state index < -0.39 is 12.1 Å². The van der Waals surface area contributed by atoms with Gasteiger partial charge in [-0.1, -0.05) is 301 Å². The van der Waals surface area contributed by atoms with Crippen molar-refractivity contribution in [2.75, 3.05) is 6.61 Å². The third-order valence-corrected chi connectivity index (χ3v) is 13.6. The van der Waals surface area contributed by atoms with Gasteiger partial charge in [-0.25, -0.2) is 0 Å². The average molecular weight is 899 g/mol. The van der Waals surface area contributed by atoms with Gasteiger partial charge in [0.15, 0.2) is 0 Å². The summed E-state index contributed by atoms with van der Waals surface area (Å²) in [5, 5.41) is 23.2. The molecule has 4 heteroatoms. The fourth-order valence-corrected chi connectivity index (χ4v) is 9.15. The molecule has 3 N–H and O–H groups in total. The van der Waals surface area contributed by atoms with Crippen molar-refractivity contribution in [3.05, 3.63) is 36.5 Å². The molecular formula is C60H115NO3. The number of carbonyl (C=O) groups is 1. The van der Waals surface area contributed by atoms with Crippen molar-refractivity contribution in [1.82, 2.24) is 5.32 Å². The summed E-state index contributed by atoms with van der Waals surface area (Å²) < 4.78 is 0. The van der Waals surface area contributed by atoms with Crippen LogP contribution in [0.5, 0.6) is 0 Å². The number of allylic oxidation sites excluding steroid dienone is 5. The molecule has 0 aromatic heterocycles. The minimum absolute atomic E-state index is 0.0621. The maximum absolute atomic E-state index is 12.5. The van der Waals surface area contributed by atoms with E-state index in [1.54, 1.807) is 6.08 Å². The lowest BCUT2D eigenvalue weighted by molar-refractivity contribution is -0.123. The average Bonchev–Trinajstić information content (AvgIpc) is 3.30. The number of aliphatic hydroxyl groups is 2. The number of hydrogen-bond acceptors (Lipinski definition) is 3. The Morgan fingerprint density at radius 2 is 0.641 bits per heavy atom. The molecular weight excluding hydrogens is 783 g/mol. The summed E-state index contributed by atoms with van der Waals surface area (Å²) in [5.74, 6) is -0.0621. The molecule has 0 radical (unpaired) electrons. The highest BCUT2D eigenvalue weighted by Crippen LogP contribution is 2.17. The van der Waals surface area contributed by atoms with E-state index in [1.165, 1.54) is 270 Å². The molecule has 0 aliphatic carbocycles. The Hall–Kier alpha value is -1.39. The monoisotopic (exact) mass is 898 g/mol. The van der Waals surface area contributed by atoms with Gasteiger partial charge in [0.05, 0.1) is 18.8 Å². The normalized spacial score (nSPS) is 13.0. The maximum Gasteiger partial charge on any atom is 0.220 e. The second-order valence-electron chi connectivity index (χ2n) is 20.1. The van der Waals surface area contributed by atoms with Crippen LogP contribution in [-0.2, 0) is 4.79 Å². The van der Waals surface area contributed by atoms with Crippen LogP contribution in [0.25, 0.3) is 0 Å². The molecule has 0 saturated carbocycles.